The Morgan fingerprint density at radius 3 is 2.50 bits per heavy atom. The average molecular weight is 255 g/mol. The molecule has 2 rings (SSSR count). The second-order valence-electron chi connectivity index (χ2n) is 4.57. The summed E-state index contributed by atoms with van der Waals surface area (Å²) in [5.41, 5.74) is -0.226. The number of amides is 1. The van der Waals surface area contributed by atoms with Gasteiger partial charge in [-0.2, -0.15) is 0 Å². The van der Waals surface area contributed by atoms with E-state index >= 15 is 0 Å². The minimum absolute atomic E-state index is 0.102. The van der Waals surface area contributed by atoms with Gasteiger partial charge < -0.3 is 9.64 Å². The number of halogens is 2. The highest BCUT2D eigenvalue weighted by Crippen LogP contribution is 2.17. The molecule has 0 unspecified atom stereocenters. The van der Waals surface area contributed by atoms with Crippen LogP contribution in [-0.4, -0.2) is 36.1 Å². The highest BCUT2D eigenvalue weighted by molar-refractivity contribution is 5.94. The highest BCUT2D eigenvalue weighted by atomic mass is 19.2. The van der Waals surface area contributed by atoms with E-state index in [4.69, 9.17) is 4.74 Å². The van der Waals surface area contributed by atoms with Gasteiger partial charge in [-0.1, -0.05) is 6.07 Å². The molecule has 1 aromatic rings. The van der Waals surface area contributed by atoms with Crippen LogP contribution in [0.5, 0.6) is 0 Å². The van der Waals surface area contributed by atoms with E-state index in [9.17, 15) is 13.6 Å². The monoisotopic (exact) mass is 255 g/mol. The number of ether oxygens (including phenoxy) is 1. The number of rotatable bonds is 1. The molecule has 18 heavy (non-hydrogen) atoms. The summed E-state index contributed by atoms with van der Waals surface area (Å²) in [6.07, 6.45) is -0.205. The molecule has 0 spiro atoms. The van der Waals surface area contributed by atoms with Crippen LogP contribution in [0.15, 0.2) is 18.2 Å². The summed E-state index contributed by atoms with van der Waals surface area (Å²) in [5.74, 6) is -2.58. The maximum absolute atomic E-state index is 13.5. The molecule has 0 saturated carbocycles. The third kappa shape index (κ3) is 2.51. The van der Waals surface area contributed by atoms with E-state index < -0.39 is 17.5 Å². The molecular formula is C13H15F2NO2. The van der Waals surface area contributed by atoms with Gasteiger partial charge in [0.25, 0.3) is 5.91 Å². The molecule has 0 radical (unpaired) electrons. The summed E-state index contributed by atoms with van der Waals surface area (Å²) in [6.45, 7) is 4.47. The van der Waals surface area contributed by atoms with Crippen molar-refractivity contribution in [1.82, 2.24) is 4.90 Å². The van der Waals surface area contributed by atoms with Crippen LogP contribution in [0, 0.1) is 11.6 Å². The quantitative estimate of drug-likeness (QED) is 0.770. The number of morpholine rings is 1. The molecule has 3 nitrogen and oxygen atoms in total. The maximum atomic E-state index is 13.5. The van der Waals surface area contributed by atoms with Gasteiger partial charge in [0, 0.05) is 13.1 Å². The van der Waals surface area contributed by atoms with Crippen molar-refractivity contribution in [2.75, 3.05) is 13.1 Å². The lowest BCUT2D eigenvalue weighted by atomic mass is 10.1. The van der Waals surface area contributed by atoms with E-state index in [0.29, 0.717) is 13.1 Å². The molecule has 0 N–H and O–H groups in total. The fraction of sp³-hybridized carbons (Fsp3) is 0.462. The van der Waals surface area contributed by atoms with Gasteiger partial charge in [-0.3, -0.25) is 4.79 Å². The Bertz CT molecular complexity index is 454. The second-order valence-corrected chi connectivity index (χ2v) is 4.57. The van der Waals surface area contributed by atoms with Crippen molar-refractivity contribution in [2.45, 2.75) is 26.1 Å². The lowest BCUT2D eigenvalue weighted by Gasteiger charge is -2.35. The van der Waals surface area contributed by atoms with Gasteiger partial charge in [0.2, 0.25) is 0 Å². The van der Waals surface area contributed by atoms with Crippen LogP contribution in [0.25, 0.3) is 0 Å². The zero-order chi connectivity index (χ0) is 13.3. The van der Waals surface area contributed by atoms with Gasteiger partial charge in [0.15, 0.2) is 11.6 Å². The van der Waals surface area contributed by atoms with Crippen LogP contribution < -0.4 is 0 Å². The van der Waals surface area contributed by atoms with E-state index in [1.54, 1.807) is 0 Å². The smallest absolute Gasteiger partial charge is 0.257 e. The molecule has 1 saturated heterocycles. The van der Waals surface area contributed by atoms with Crippen LogP contribution in [0.1, 0.15) is 24.2 Å². The molecule has 0 aliphatic carbocycles. The Kier molecular flexibility index (Phi) is 3.61. The predicted octanol–water partition coefficient (Wildman–Crippen LogP) is 2.21. The zero-order valence-corrected chi connectivity index (χ0v) is 10.3. The third-order valence-corrected chi connectivity index (χ3v) is 2.89. The predicted molar refractivity (Wildman–Crippen MR) is 62.3 cm³/mol. The first kappa shape index (κ1) is 13.0. The number of nitrogens with zero attached hydrogens (tertiary/aromatic N) is 1. The summed E-state index contributed by atoms with van der Waals surface area (Å²) in [4.78, 5) is 13.6. The van der Waals surface area contributed by atoms with Crippen LogP contribution >= 0.6 is 0 Å². The van der Waals surface area contributed by atoms with Crippen molar-refractivity contribution in [3.63, 3.8) is 0 Å². The van der Waals surface area contributed by atoms with Crippen LogP contribution in [0.4, 0.5) is 8.78 Å². The molecule has 1 amide bonds. The second kappa shape index (κ2) is 5.02. The number of hydrogen-bond acceptors (Lipinski definition) is 2. The van der Waals surface area contributed by atoms with Crippen LogP contribution in [0.3, 0.4) is 0 Å². The van der Waals surface area contributed by atoms with E-state index in [0.717, 1.165) is 6.07 Å². The van der Waals surface area contributed by atoms with Crippen molar-refractivity contribution in [3.05, 3.63) is 35.4 Å². The van der Waals surface area contributed by atoms with E-state index in [-0.39, 0.29) is 17.8 Å². The molecule has 1 aromatic carbocycles. The average Bonchev–Trinajstić information content (AvgIpc) is 2.30. The van der Waals surface area contributed by atoms with Crippen LogP contribution in [-0.2, 0) is 4.74 Å². The molecule has 2 atom stereocenters. The van der Waals surface area contributed by atoms with Crippen molar-refractivity contribution in [3.8, 4) is 0 Å². The number of carbonyl (C=O) groups is 1. The Hall–Kier alpha value is -1.49. The fourth-order valence-electron chi connectivity index (χ4n) is 2.18. The molecule has 1 heterocycles. The topological polar surface area (TPSA) is 29.5 Å². The fourth-order valence-corrected chi connectivity index (χ4v) is 2.18. The molecule has 1 fully saturated rings. The van der Waals surface area contributed by atoms with Crippen molar-refractivity contribution in [1.29, 1.82) is 0 Å². The summed E-state index contributed by atoms with van der Waals surface area (Å²) in [6, 6.07) is 3.63. The van der Waals surface area contributed by atoms with E-state index in [2.05, 4.69) is 0 Å². The molecule has 98 valence electrons. The SMILES string of the molecule is C[C@@H]1CN(C(=O)c2cccc(F)c2F)C[C@H](C)O1. The largest absolute Gasteiger partial charge is 0.372 e. The van der Waals surface area contributed by atoms with Gasteiger partial charge >= 0.3 is 0 Å². The Morgan fingerprint density at radius 1 is 1.28 bits per heavy atom. The third-order valence-electron chi connectivity index (χ3n) is 2.89. The van der Waals surface area contributed by atoms with Crippen molar-refractivity contribution < 1.29 is 18.3 Å². The molecule has 0 aromatic heterocycles. The first-order chi connectivity index (χ1) is 8.49. The maximum Gasteiger partial charge on any atom is 0.257 e. The molecule has 5 heteroatoms. The number of carbonyl (C=O) groups excluding carboxylic acids is 1. The van der Waals surface area contributed by atoms with Crippen molar-refractivity contribution >= 4 is 5.91 Å². The number of benzene rings is 1. The summed E-state index contributed by atoms with van der Waals surface area (Å²) in [7, 11) is 0. The normalized spacial score (nSPS) is 24.1. The minimum Gasteiger partial charge on any atom is -0.372 e. The Balaban J connectivity index is 2.23. The number of hydrogen-bond donors (Lipinski definition) is 0. The Morgan fingerprint density at radius 2 is 1.89 bits per heavy atom. The summed E-state index contributed by atoms with van der Waals surface area (Å²) < 4.78 is 32.1. The lowest BCUT2D eigenvalue weighted by Crippen LogP contribution is -2.48. The molecule has 0 bridgehead atoms. The van der Waals surface area contributed by atoms with Crippen LogP contribution in [0.2, 0.25) is 0 Å². The lowest BCUT2D eigenvalue weighted by molar-refractivity contribution is -0.0587. The van der Waals surface area contributed by atoms with E-state index in [1.165, 1.54) is 17.0 Å². The van der Waals surface area contributed by atoms with Gasteiger partial charge in [-0.15, -0.1) is 0 Å². The Labute approximate surface area is 104 Å². The highest BCUT2D eigenvalue weighted by Gasteiger charge is 2.28. The summed E-state index contributed by atoms with van der Waals surface area (Å²) in [5, 5.41) is 0. The first-order valence-electron chi connectivity index (χ1n) is 5.87. The van der Waals surface area contributed by atoms with Gasteiger partial charge in [-0.05, 0) is 26.0 Å². The summed E-state index contributed by atoms with van der Waals surface area (Å²) >= 11 is 0. The zero-order valence-electron chi connectivity index (χ0n) is 10.3. The van der Waals surface area contributed by atoms with Gasteiger partial charge in [-0.25, -0.2) is 8.78 Å². The van der Waals surface area contributed by atoms with E-state index in [1.807, 2.05) is 13.8 Å². The van der Waals surface area contributed by atoms with Crippen molar-refractivity contribution in [2.24, 2.45) is 0 Å². The molecule has 1 aliphatic heterocycles. The van der Waals surface area contributed by atoms with Gasteiger partial charge in [0.1, 0.15) is 0 Å². The molecule has 1 aliphatic rings. The molecular weight excluding hydrogens is 240 g/mol. The standard InChI is InChI=1S/C13H15F2NO2/c1-8-6-16(7-9(2)18-8)13(17)10-4-3-5-11(14)12(10)15/h3-5,8-9H,6-7H2,1-2H3/t8-,9+. The first-order valence-corrected chi connectivity index (χ1v) is 5.87. The van der Waals surface area contributed by atoms with Gasteiger partial charge in [0.05, 0.1) is 17.8 Å². The minimum atomic E-state index is -1.09.